The van der Waals surface area contributed by atoms with Crippen LogP contribution >= 0.6 is 11.3 Å². The van der Waals surface area contributed by atoms with Gasteiger partial charge in [-0.3, -0.25) is 4.68 Å². The van der Waals surface area contributed by atoms with Crippen LogP contribution in [0.25, 0.3) is 0 Å². The van der Waals surface area contributed by atoms with Gasteiger partial charge < -0.3 is 5.32 Å². The summed E-state index contributed by atoms with van der Waals surface area (Å²) in [6.45, 7) is 3.29. The van der Waals surface area contributed by atoms with Crippen molar-refractivity contribution in [1.29, 1.82) is 0 Å². The summed E-state index contributed by atoms with van der Waals surface area (Å²) in [5, 5.41) is 12.3. The summed E-state index contributed by atoms with van der Waals surface area (Å²) in [6, 6.07) is 2.72. The van der Waals surface area contributed by atoms with Gasteiger partial charge in [-0.1, -0.05) is 6.92 Å². The lowest BCUT2D eigenvalue weighted by atomic mass is 10.0. The first kappa shape index (κ1) is 13.3. The number of hydrogen-bond donors (Lipinski definition) is 1. The van der Waals surface area contributed by atoms with Crippen LogP contribution in [0.1, 0.15) is 24.5 Å². The van der Waals surface area contributed by atoms with E-state index in [-0.39, 0.29) is 0 Å². The van der Waals surface area contributed by atoms with Crippen LogP contribution in [-0.2, 0) is 19.9 Å². The van der Waals surface area contributed by atoms with E-state index in [4.69, 9.17) is 0 Å². The summed E-state index contributed by atoms with van der Waals surface area (Å²) in [5.41, 5.74) is 2.74. The van der Waals surface area contributed by atoms with Gasteiger partial charge in [0.2, 0.25) is 0 Å². The molecule has 3 nitrogen and oxygen atoms in total. The van der Waals surface area contributed by atoms with E-state index < -0.39 is 0 Å². The highest BCUT2D eigenvalue weighted by molar-refractivity contribution is 7.07. The highest BCUT2D eigenvalue weighted by Gasteiger charge is 2.11. The van der Waals surface area contributed by atoms with Gasteiger partial charge in [0.15, 0.2) is 0 Å². The maximum absolute atomic E-state index is 4.24. The van der Waals surface area contributed by atoms with Gasteiger partial charge in [0.05, 0.1) is 6.20 Å². The minimum Gasteiger partial charge on any atom is -0.313 e. The van der Waals surface area contributed by atoms with E-state index in [2.05, 4.69) is 40.4 Å². The standard InChI is InChI=1S/C14H21N3S/c1-3-5-15-14(7-12-4-6-18-11-12)8-13-9-16-17(2)10-13/h4,6,9-11,14-15H,3,5,7-8H2,1-2H3. The molecule has 0 aromatic carbocycles. The van der Waals surface area contributed by atoms with Crippen LogP contribution in [0.15, 0.2) is 29.2 Å². The number of thiophene rings is 1. The van der Waals surface area contributed by atoms with E-state index in [0.29, 0.717) is 6.04 Å². The SMILES string of the molecule is CCCNC(Cc1ccsc1)Cc1cnn(C)c1. The zero-order valence-corrected chi connectivity index (χ0v) is 11.9. The third-order valence-electron chi connectivity index (χ3n) is 2.99. The molecular formula is C14H21N3S. The lowest BCUT2D eigenvalue weighted by Crippen LogP contribution is -2.33. The lowest BCUT2D eigenvalue weighted by Gasteiger charge is -2.17. The summed E-state index contributed by atoms with van der Waals surface area (Å²) in [5.74, 6) is 0. The molecule has 98 valence electrons. The molecule has 0 aliphatic heterocycles. The predicted octanol–water partition coefficient (Wildman–Crippen LogP) is 2.64. The monoisotopic (exact) mass is 263 g/mol. The van der Waals surface area contributed by atoms with E-state index >= 15 is 0 Å². The molecule has 0 spiro atoms. The van der Waals surface area contributed by atoms with Crippen molar-refractivity contribution in [3.63, 3.8) is 0 Å². The molecule has 2 aromatic rings. The first-order chi connectivity index (χ1) is 8.78. The molecule has 0 aliphatic rings. The molecule has 0 saturated carbocycles. The van der Waals surface area contributed by atoms with E-state index in [1.54, 1.807) is 11.3 Å². The summed E-state index contributed by atoms with van der Waals surface area (Å²) in [4.78, 5) is 0. The number of rotatable bonds is 7. The Kier molecular flexibility index (Phi) is 4.96. The molecule has 18 heavy (non-hydrogen) atoms. The normalized spacial score (nSPS) is 12.8. The fourth-order valence-corrected chi connectivity index (χ4v) is 2.80. The van der Waals surface area contributed by atoms with Crippen molar-refractivity contribution < 1.29 is 0 Å². The second-order valence-electron chi connectivity index (χ2n) is 4.71. The Morgan fingerprint density at radius 3 is 2.83 bits per heavy atom. The molecule has 0 aliphatic carbocycles. The van der Waals surface area contributed by atoms with Crippen LogP contribution < -0.4 is 5.32 Å². The van der Waals surface area contributed by atoms with E-state index in [0.717, 1.165) is 19.4 Å². The Balaban J connectivity index is 1.95. The predicted molar refractivity (Wildman–Crippen MR) is 77.0 cm³/mol. The summed E-state index contributed by atoms with van der Waals surface area (Å²) in [6.07, 6.45) is 7.39. The Hall–Kier alpha value is -1.13. The minimum atomic E-state index is 0.503. The second kappa shape index (κ2) is 6.71. The van der Waals surface area contributed by atoms with Crippen molar-refractivity contribution >= 4 is 11.3 Å². The largest absolute Gasteiger partial charge is 0.313 e. The maximum Gasteiger partial charge on any atom is 0.0522 e. The van der Waals surface area contributed by atoms with Crippen LogP contribution in [0.4, 0.5) is 0 Å². The second-order valence-corrected chi connectivity index (χ2v) is 5.49. The molecular weight excluding hydrogens is 242 g/mol. The number of hydrogen-bond acceptors (Lipinski definition) is 3. The molecule has 0 fully saturated rings. The molecule has 0 bridgehead atoms. The quantitative estimate of drug-likeness (QED) is 0.832. The van der Waals surface area contributed by atoms with Gasteiger partial charge in [0.1, 0.15) is 0 Å². The topological polar surface area (TPSA) is 29.9 Å². The molecule has 0 saturated heterocycles. The fourth-order valence-electron chi connectivity index (χ4n) is 2.12. The van der Waals surface area contributed by atoms with Crippen molar-refractivity contribution in [1.82, 2.24) is 15.1 Å². The molecule has 1 N–H and O–H groups in total. The first-order valence-electron chi connectivity index (χ1n) is 6.50. The Morgan fingerprint density at radius 1 is 1.39 bits per heavy atom. The Morgan fingerprint density at radius 2 is 2.22 bits per heavy atom. The van der Waals surface area contributed by atoms with Crippen LogP contribution in [0, 0.1) is 0 Å². The van der Waals surface area contributed by atoms with E-state index in [9.17, 15) is 0 Å². The van der Waals surface area contributed by atoms with Crippen molar-refractivity contribution in [2.45, 2.75) is 32.2 Å². The highest BCUT2D eigenvalue weighted by atomic mass is 32.1. The fraction of sp³-hybridized carbons (Fsp3) is 0.500. The molecule has 1 unspecified atom stereocenters. The van der Waals surface area contributed by atoms with Gasteiger partial charge in [-0.2, -0.15) is 16.4 Å². The van der Waals surface area contributed by atoms with Crippen molar-refractivity contribution in [3.8, 4) is 0 Å². The lowest BCUT2D eigenvalue weighted by molar-refractivity contribution is 0.505. The zero-order valence-electron chi connectivity index (χ0n) is 11.1. The van der Waals surface area contributed by atoms with Crippen LogP contribution in [0.2, 0.25) is 0 Å². The molecule has 4 heteroatoms. The van der Waals surface area contributed by atoms with E-state index in [1.807, 2.05) is 17.9 Å². The van der Waals surface area contributed by atoms with Gasteiger partial charge >= 0.3 is 0 Å². The maximum atomic E-state index is 4.24. The number of aromatic nitrogens is 2. The molecule has 2 heterocycles. The van der Waals surface area contributed by atoms with E-state index in [1.165, 1.54) is 17.5 Å². The van der Waals surface area contributed by atoms with Gasteiger partial charge in [-0.15, -0.1) is 0 Å². The van der Waals surface area contributed by atoms with Crippen LogP contribution in [0.3, 0.4) is 0 Å². The van der Waals surface area contributed by atoms with Crippen molar-refractivity contribution in [2.24, 2.45) is 7.05 Å². The third kappa shape index (κ3) is 3.96. The molecule has 2 aromatic heterocycles. The number of nitrogens with one attached hydrogen (secondary N) is 1. The summed E-state index contributed by atoms with van der Waals surface area (Å²) in [7, 11) is 1.97. The average molecular weight is 263 g/mol. The third-order valence-corrected chi connectivity index (χ3v) is 3.72. The van der Waals surface area contributed by atoms with Gasteiger partial charge in [0, 0.05) is 19.3 Å². The first-order valence-corrected chi connectivity index (χ1v) is 7.44. The number of aryl methyl sites for hydroxylation is 1. The number of nitrogens with zero attached hydrogens (tertiary/aromatic N) is 2. The zero-order chi connectivity index (χ0) is 12.8. The van der Waals surface area contributed by atoms with Crippen LogP contribution in [0.5, 0.6) is 0 Å². The molecule has 1 atom stereocenters. The minimum absolute atomic E-state index is 0.503. The highest BCUT2D eigenvalue weighted by Crippen LogP contribution is 2.12. The smallest absolute Gasteiger partial charge is 0.0522 e. The van der Waals surface area contributed by atoms with Gasteiger partial charge in [-0.25, -0.2) is 0 Å². The van der Waals surface area contributed by atoms with Crippen molar-refractivity contribution in [2.75, 3.05) is 6.54 Å². The van der Waals surface area contributed by atoms with Gasteiger partial charge in [-0.05, 0) is 53.8 Å². The summed E-state index contributed by atoms with van der Waals surface area (Å²) < 4.78 is 1.87. The Bertz CT molecular complexity index is 447. The van der Waals surface area contributed by atoms with Crippen LogP contribution in [-0.4, -0.2) is 22.4 Å². The Labute approximate surface area is 113 Å². The molecule has 0 radical (unpaired) electrons. The average Bonchev–Trinajstić information content (AvgIpc) is 2.98. The van der Waals surface area contributed by atoms with Crippen molar-refractivity contribution in [3.05, 3.63) is 40.3 Å². The summed E-state index contributed by atoms with van der Waals surface area (Å²) >= 11 is 1.77. The molecule has 2 rings (SSSR count). The van der Waals surface area contributed by atoms with Gasteiger partial charge in [0.25, 0.3) is 0 Å². The molecule has 0 amide bonds.